The average molecular weight is 190 g/mol. The fourth-order valence-corrected chi connectivity index (χ4v) is 1.62. The van der Waals surface area contributed by atoms with E-state index >= 15 is 0 Å². The maximum atomic E-state index is 10.9. The summed E-state index contributed by atoms with van der Waals surface area (Å²) < 4.78 is 5.25. The highest BCUT2D eigenvalue weighted by Gasteiger charge is 2.17. The maximum absolute atomic E-state index is 10.9. The number of hydrogen-bond donors (Lipinski definition) is 1. The van der Waals surface area contributed by atoms with Gasteiger partial charge in [0, 0.05) is 10.9 Å². The zero-order valence-corrected chi connectivity index (χ0v) is 7.78. The Morgan fingerprint density at radius 1 is 1.43 bits per heavy atom. The molecule has 0 atom stereocenters. The third-order valence-corrected chi connectivity index (χ3v) is 2.25. The molecule has 0 bridgehead atoms. The first kappa shape index (κ1) is 8.81. The molecule has 0 aliphatic heterocycles. The minimum absolute atomic E-state index is 0.0636. The van der Waals surface area contributed by atoms with Crippen molar-refractivity contribution in [3.8, 4) is 0 Å². The molecule has 3 heteroatoms. The molecule has 0 saturated carbocycles. The molecule has 0 spiro atoms. The first-order chi connectivity index (χ1) is 6.74. The van der Waals surface area contributed by atoms with Crippen LogP contribution in [0.3, 0.4) is 0 Å². The number of para-hydroxylation sites is 1. The summed E-state index contributed by atoms with van der Waals surface area (Å²) in [5.41, 5.74) is 1.41. The van der Waals surface area contributed by atoms with Crippen LogP contribution in [0.5, 0.6) is 0 Å². The van der Waals surface area contributed by atoms with Gasteiger partial charge in [0.15, 0.2) is 0 Å². The monoisotopic (exact) mass is 190 g/mol. The molecule has 0 saturated heterocycles. The molecule has 2 rings (SSSR count). The molecule has 1 aromatic heterocycles. The molecule has 14 heavy (non-hydrogen) atoms. The Bertz CT molecular complexity index is 482. The molecule has 0 fully saturated rings. The number of furan rings is 1. The van der Waals surface area contributed by atoms with E-state index in [2.05, 4.69) is 0 Å². The van der Waals surface area contributed by atoms with Gasteiger partial charge < -0.3 is 9.52 Å². The van der Waals surface area contributed by atoms with Gasteiger partial charge >= 0.3 is 5.97 Å². The third kappa shape index (κ3) is 1.18. The molecule has 0 amide bonds. The van der Waals surface area contributed by atoms with E-state index in [1.54, 1.807) is 6.07 Å². The second-order valence-electron chi connectivity index (χ2n) is 3.06. The van der Waals surface area contributed by atoms with E-state index in [1.807, 2.05) is 25.1 Å². The van der Waals surface area contributed by atoms with Crippen LogP contribution in [0.25, 0.3) is 11.0 Å². The number of carboxylic acid groups (broad SMARTS) is 1. The van der Waals surface area contributed by atoms with Crippen molar-refractivity contribution >= 4 is 16.9 Å². The molecular formula is C11H10O3. The number of rotatable bonds is 2. The zero-order valence-electron chi connectivity index (χ0n) is 7.78. The Morgan fingerprint density at radius 2 is 2.14 bits per heavy atom. The number of benzene rings is 1. The Balaban J connectivity index is 2.78. The molecular weight excluding hydrogens is 180 g/mol. The largest absolute Gasteiger partial charge is 0.475 e. The normalized spacial score (nSPS) is 10.6. The van der Waals surface area contributed by atoms with Crippen LogP contribution in [0.2, 0.25) is 0 Å². The van der Waals surface area contributed by atoms with Crippen molar-refractivity contribution in [1.29, 1.82) is 0 Å². The van der Waals surface area contributed by atoms with Crippen molar-refractivity contribution in [1.82, 2.24) is 0 Å². The first-order valence-corrected chi connectivity index (χ1v) is 4.47. The molecule has 1 N–H and O–H groups in total. The lowest BCUT2D eigenvalue weighted by atomic mass is 10.1. The summed E-state index contributed by atoms with van der Waals surface area (Å²) in [6.45, 7) is 1.92. The van der Waals surface area contributed by atoms with Gasteiger partial charge in [-0.3, -0.25) is 0 Å². The number of aryl methyl sites for hydroxylation is 1. The number of carbonyl (C=O) groups is 1. The van der Waals surface area contributed by atoms with Crippen LogP contribution in [0.15, 0.2) is 28.7 Å². The summed E-state index contributed by atoms with van der Waals surface area (Å²) in [5, 5.41) is 9.80. The van der Waals surface area contributed by atoms with Crippen molar-refractivity contribution in [3.05, 3.63) is 35.6 Å². The number of fused-ring (bicyclic) bond motifs is 1. The van der Waals surface area contributed by atoms with Crippen molar-refractivity contribution in [3.63, 3.8) is 0 Å². The Morgan fingerprint density at radius 3 is 2.79 bits per heavy atom. The van der Waals surface area contributed by atoms with Crippen LogP contribution in [0, 0.1) is 0 Å². The number of carboxylic acids is 1. The van der Waals surface area contributed by atoms with Crippen molar-refractivity contribution in [2.45, 2.75) is 13.3 Å². The van der Waals surface area contributed by atoms with E-state index < -0.39 is 5.97 Å². The van der Waals surface area contributed by atoms with Crippen LogP contribution < -0.4 is 0 Å². The predicted molar refractivity (Wildman–Crippen MR) is 52.6 cm³/mol. The molecule has 2 aromatic rings. The maximum Gasteiger partial charge on any atom is 0.372 e. The number of hydrogen-bond acceptors (Lipinski definition) is 2. The molecule has 3 nitrogen and oxygen atoms in total. The zero-order chi connectivity index (χ0) is 10.1. The molecule has 1 aromatic carbocycles. The van der Waals surface area contributed by atoms with Crippen LogP contribution >= 0.6 is 0 Å². The van der Waals surface area contributed by atoms with Crippen LogP contribution in [-0.4, -0.2) is 11.1 Å². The van der Waals surface area contributed by atoms with Crippen LogP contribution in [0.1, 0.15) is 23.0 Å². The van der Waals surface area contributed by atoms with Gasteiger partial charge in [-0.15, -0.1) is 0 Å². The summed E-state index contributed by atoms with van der Waals surface area (Å²) in [5.74, 6) is -0.938. The quantitative estimate of drug-likeness (QED) is 0.792. The highest BCUT2D eigenvalue weighted by atomic mass is 16.4. The molecule has 72 valence electrons. The molecule has 1 heterocycles. The smallest absolute Gasteiger partial charge is 0.372 e. The van der Waals surface area contributed by atoms with Gasteiger partial charge in [0.05, 0.1) is 0 Å². The molecule has 0 radical (unpaired) electrons. The van der Waals surface area contributed by atoms with Crippen LogP contribution in [0.4, 0.5) is 0 Å². The first-order valence-electron chi connectivity index (χ1n) is 4.47. The van der Waals surface area contributed by atoms with E-state index in [0.29, 0.717) is 12.0 Å². The minimum Gasteiger partial charge on any atom is -0.475 e. The van der Waals surface area contributed by atoms with Gasteiger partial charge in [-0.25, -0.2) is 4.79 Å². The number of aromatic carboxylic acids is 1. The topological polar surface area (TPSA) is 50.4 Å². The van der Waals surface area contributed by atoms with Crippen molar-refractivity contribution in [2.24, 2.45) is 0 Å². The van der Waals surface area contributed by atoms with Gasteiger partial charge in [-0.2, -0.15) is 0 Å². The third-order valence-electron chi connectivity index (χ3n) is 2.25. The average Bonchev–Trinajstić information content (AvgIpc) is 2.56. The molecule has 0 unspecified atom stereocenters. The lowest BCUT2D eigenvalue weighted by Crippen LogP contribution is -1.97. The van der Waals surface area contributed by atoms with Gasteiger partial charge in [0.1, 0.15) is 5.58 Å². The summed E-state index contributed by atoms with van der Waals surface area (Å²) >= 11 is 0. The van der Waals surface area contributed by atoms with E-state index in [4.69, 9.17) is 9.52 Å². The van der Waals surface area contributed by atoms with Gasteiger partial charge in [0.2, 0.25) is 5.76 Å². The van der Waals surface area contributed by atoms with E-state index in [1.165, 1.54) is 0 Å². The van der Waals surface area contributed by atoms with E-state index in [9.17, 15) is 4.79 Å². The second kappa shape index (κ2) is 3.18. The van der Waals surface area contributed by atoms with Crippen molar-refractivity contribution < 1.29 is 14.3 Å². The second-order valence-corrected chi connectivity index (χ2v) is 3.06. The summed E-state index contributed by atoms with van der Waals surface area (Å²) in [6.07, 6.45) is 0.665. The summed E-state index contributed by atoms with van der Waals surface area (Å²) in [7, 11) is 0. The SMILES string of the molecule is CCc1c(C(=O)O)oc2ccccc12. The fourth-order valence-electron chi connectivity index (χ4n) is 1.62. The fraction of sp³-hybridized carbons (Fsp3) is 0.182. The van der Waals surface area contributed by atoms with Crippen molar-refractivity contribution in [2.75, 3.05) is 0 Å². The minimum atomic E-state index is -1.00. The highest BCUT2D eigenvalue weighted by molar-refractivity contribution is 5.95. The summed E-state index contributed by atoms with van der Waals surface area (Å²) in [6, 6.07) is 7.37. The Kier molecular flexibility index (Phi) is 2.00. The standard InChI is InChI=1S/C11H10O3/c1-2-7-8-5-3-4-6-9(8)14-10(7)11(12)13/h3-6H,2H2,1H3,(H,12,13). The Hall–Kier alpha value is -1.77. The summed E-state index contributed by atoms with van der Waals surface area (Å²) in [4.78, 5) is 10.9. The highest BCUT2D eigenvalue weighted by Crippen LogP contribution is 2.25. The molecule has 0 aliphatic rings. The predicted octanol–water partition coefficient (Wildman–Crippen LogP) is 2.69. The lowest BCUT2D eigenvalue weighted by molar-refractivity contribution is 0.0663. The van der Waals surface area contributed by atoms with Gasteiger partial charge in [0.25, 0.3) is 0 Å². The van der Waals surface area contributed by atoms with E-state index in [0.717, 1.165) is 10.9 Å². The molecule has 0 aliphatic carbocycles. The van der Waals surface area contributed by atoms with Gasteiger partial charge in [-0.1, -0.05) is 25.1 Å². The lowest BCUT2D eigenvalue weighted by Gasteiger charge is -1.92. The van der Waals surface area contributed by atoms with Crippen LogP contribution in [-0.2, 0) is 6.42 Å². The van der Waals surface area contributed by atoms with Gasteiger partial charge in [-0.05, 0) is 12.5 Å². The Labute approximate surface area is 81.0 Å². The van der Waals surface area contributed by atoms with E-state index in [-0.39, 0.29) is 5.76 Å².